The zero-order chi connectivity index (χ0) is 24.2. The Kier molecular flexibility index (Phi) is 5.51. The van der Waals surface area contributed by atoms with Gasteiger partial charge in [0.1, 0.15) is 5.82 Å². The molecule has 2 aromatic rings. The number of carbonyl (C=O) groups excluding carboxylic acids is 1. The number of hydrazone groups is 1. The molecule has 0 spiro atoms. The fourth-order valence-corrected chi connectivity index (χ4v) is 6.17. The number of amides is 1. The number of aromatic nitrogens is 3. The van der Waals surface area contributed by atoms with Gasteiger partial charge in [-0.05, 0) is 75.1 Å². The predicted molar refractivity (Wildman–Crippen MR) is 133 cm³/mol. The van der Waals surface area contributed by atoms with Crippen molar-refractivity contribution in [3.63, 3.8) is 0 Å². The van der Waals surface area contributed by atoms with Crippen molar-refractivity contribution in [3.8, 4) is 0 Å². The first-order chi connectivity index (χ1) is 16.8. The Balaban J connectivity index is 1.05. The average Bonchev–Trinajstić information content (AvgIpc) is 3.40. The molecule has 3 fully saturated rings. The van der Waals surface area contributed by atoms with Gasteiger partial charge in [-0.2, -0.15) is 15.1 Å². The van der Waals surface area contributed by atoms with Crippen LogP contribution in [0.15, 0.2) is 28.0 Å². The van der Waals surface area contributed by atoms with Gasteiger partial charge in [-0.25, -0.2) is 4.98 Å². The highest BCUT2D eigenvalue weighted by Crippen LogP contribution is 2.42. The van der Waals surface area contributed by atoms with Crippen LogP contribution < -0.4 is 21.4 Å². The molecule has 2 aromatic heterocycles. The van der Waals surface area contributed by atoms with Crippen molar-refractivity contribution in [2.45, 2.75) is 82.3 Å². The summed E-state index contributed by atoms with van der Waals surface area (Å²) in [5.41, 5.74) is 6.84. The van der Waals surface area contributed by atoms with Gasteiger partial charge in [0.2, 0.25) is 5.89 Å². The van der Waals surface area contributed by atoms with E-state index in [2.05, 4.69) is 44.7 Å². The Hall–Kier alpha value is -3.01. The summed E-state index contributed by atoms with van der Waals surface area (Å²) in [6, 6.07) is 4.45. The molecule has 10 nitrogen and oxygen atoms in total. The summed E-state index contributed by atoms with van der Waals surface area (Å²) >= 11 is 0. The van der Waals surface area contributed by atoms with Gasteiger partial charge in [0, 0.05) is 35.7 Å². The molecule has 6 atom stereocenters. The zero-order valence-corrected chi connectivity index (χ0v) is 20.4. The first-order valence-corrected chi connectivity index (χ1v) is 12.8. The zero-order valence-electron chi connectivity index (χ0n) is 20.4. The summed E-state index contributed by atoms with van der Waals surface area (Å²) in [6.07, 6.45) is 10.6. The number of hydrogen-bond acceptors (Lipinski definition) is 9. The summed E-state index contributed by atoms with van der Waals surface area (Å²) < 4.78 is 5.34. The van der Waals surface area contributed by atoms with Crippen LogP contribution >= 0.6 is 0 Å². The largest absolute Gasteiger partial charge is 0.367 e. The quantitative estimate of drug-likeness (QED) is 0.574. The Labute approximate surface area is 205 Å². The molecule has 6 rings (SSSR count). The molecule has 4 unspecified atom stereocenters. The first kappa shape index (κ1) is 22.5. The minimum atomic E-state index is -0.246. The number of pyridine rings is 1. The van der Waals surface area contributed by atoms with Gasteiger partial charge >= 0.3 is 0 Å². The van der Waals surface area contributed by atoms with E-state index < -0.39 is 0 Å². The van der Waals surface area contributed by atoms with Crippen LogP contribution in [-0.2, 0) is 4.79 Å². The number of nitrogens with two attached hydrogens (primary N) is 1. The molecule has 3 heterocycles. The molecule has 1 amide bonds. The van der Waals surface area contributed by atoms with Gasteiger partial charge in [0.05, 0.1) is 17.8 Å². The van der Waals surface area contributed by atoms with E-state index >= 15 is 0 Å². The Bertz CT molecular complexity index is 1110. The second-order valence-electron chi connectivity index (χ2n) is 11.3. The van der Waals surface area contributed by atoms with Crippen LogP contribution in [0.25, 0.3) is 0 Å². The van der Waals surface area contributed by atoms with Crippen LogP contribution in [0.4, 0.5) is 17.5 Å². The van der Waals surface area contributed by atoms with E-state index in [9.17, 15) is 4.79 Å². The predicted octanol–water partition coefficient (Wildman–Crippen LogP) is 3.50. The third kappa shape index (κ3) is 4.63. The maximum Gasteiger partial charge on any atom is 0.263 e. The normalized spacial score (nSPS) is 34.7. The number of nitrogens with one attached hydrogen (secondary N) is 2. The van der Waals surface area contributed by atoms with Gasteiger partial charge in [0.15, 0.2) is 0 Å². The fraction of sp³-hybridized carbons (Fsp3) is 0.640. The molecule has 0 bridgehead atoms. The standard InChI is InChI=1S/C25H34N8O2/c1-14-10-25(2,26)11-16-12-28-33(23(34)21(14)16)19-7-8-20(27-13-19)29-17-5-6-18(9-17)30-24-31-22(35-32-24)15-3-4-15/h7-8,12-18,21H,3-6,9-11,26H2,1-2H3,(H,27,29)(H,30,32)/t14?,16?,17-,18-,21?,25?/m0/s1. The summed E-state index contributed by atoms with van der Waals surface area (Å²) in [7, 11) is 0. The molecule has 4 aliphatic rings. The van der Waals surface area contributed by atoms with Gasteiger partial charge in [0.25, 0.3) is 11.9 Å². The van der Waals surface area contributed by atoms with E-state index in [1.54, 1.807) is 6.20 Å². The number of rotatable bonds is 6. The highest BCUT2D eigenvalue weighted by atomic mass is 16.5. The second kappa shape index (κ2) is 8.58. The van der Waals surface area contributed by atoms with E-state index in [1.807, 2.05) is 18.3 Å². The summed E-state index contributed by atoms with van der Waals surface area (Å²) in [5.74, 6) is 2.89. The molecule has 0 aromatic carbocycles. The van der Waals surface area contributed by atoms with Crippen molar-refractivity contribution >= 4 is 29.6 Å². The monoisotopic (exact) mass is 478 g/mol. The van der Waals surface area contributed by atoms with Crippen molar-refractivity contribution in [1.29, 1.82) is 0 Å². The molecular weight excluding hydrogens is 444 g/mol. The highest BCUT2D eigenvalue weighted by Gasteiger charge is 2.46. The Morgan fingerprint density at radius 1 is 1.14 bits per heavy atom. The lowest BCUT2D eigenvalue weighted by molar-refractivity contribution is -0.127. The maximum atomic E-state index is 13.3. The lowest BCUT2D eigenvalue weighted by Gasteiger charge is -2.45. The maximum absolute atomic E-state index is 13.3. The molecule has 3 aliphatic carbocycles. The number of anilines is 3. The molecule has 4 N–H and O–H groups in total. The molecule has 1 aliphatic heterocycles. The van der Waals surface area contributed by atoms with Gasteiger partial charge in [-0.15, -0.1) is 0 Å². The van der Waals surface area contributed by atoms with E-state index in [0.29, 0.717) is 29.6 Å². The van der Waals surface area contributed by atoms with E-state index in [4.69, 9.17) is 10.3 Å². The van der Waals surface area contributed by atoms with E-state index in [1.165, 1.54) is 5.01 Å². The number of nitrogens with zero attached hydrogens (tertiary/aromatic N) is 5. The SMILES string of the molecule is CC1CC(C)(N)CC2C=NN(c3ccc(N[C@H]4CC[C@H](Nc5noc(C6CC6)n5)C4)nc3)C(=O)C12. The smallest absolute Gasteiger partial charge is 0.263 e. The van der Waals surface area contributed by atoms with Crippen molar-refractivity contribution < 1.29 is 9.32 Å². The average molecular weight is 479 g/mol. The molecule has 10 heteroatoms. The lowest BCUT2D eigenvalue weighted by atomic mass is 9.65. The van der Waals surface area contributed by atoms with Crippen LogP contribution in [0.1, 0.15) is 70.6 Å². The third-order valence-corrected chi connectivity index (χ3v) is 7.91. The molecule has 0 saturated heterocycles. The molecule has 35 heavy (non-hydrogen) atoms. The van der Waals surface area contributed by atoms with Crippen molar-refractivity contribution in [2.75, 3.05) is 15.6 Å². The molecule has 0 radical (unpaired) electrons. The summed E-state index contributed by atoms with van der Waals surface area (Å²) in [4.78, 5) is 22.3. The lowest BCUT2D eigenvalue weighted by Crippen LogP contribution is -2.54. The van der Waals surface area contributed by atoms with Gasteiger partial charge in [-0.1, -0.05) is 6.92 Å². The molecule has 3 saturated carbocycles. The van der Waals surface area contributed by atoms with Gasteiger partial charge < -0.3 is 20.9 Å². The van der Waals surface area contributed by atoms with Crippen molar-refractivity contribution in [1.82, 2.24) is 15.1 Å². The minimum Gasteiger partial charge on any atom is -0.367 e. The van der Waals surface area contributed by atoms with Crippen molar-refractivity contribution in [2.24, 2.45) is 28.6 Å². The Morgan fingerprint density at radius 2 is 1.94 bits per heavy atom. The van der Waals surface area contributed by atoms with Crippen LogP contribution in [0.5, 0.6) is 0 Å². The fourth-order valence-electron chi connectivity index (χ4n) is 6.17. The van der Waals surface area contributed by atoms with Crippen LogP contribution in [-0.4, -0.2) is 44.9 Å². The Morgan fingerprint density at radius 3 is 2.69 bits per heavy atom. The van der Waals surface area contributed by atoms with Crippen LogP contribution in [0.2, 0.25) is 0 Å². The third-order valence-electron chi connectivity index (χ3n) is 7.91. The van der Waals surface area contributed by atoms with Gasteiger partial charge in [-0.3, -0.25) is 4.79 Å². The molecule has 186 valence electrons. The van der Waals surface area contributed by atoms with Crippen molar-refractivity contribution in [3.05, 3.63) is 24.2 Å². The van der Waals surface area contributed by atoms with E-state index in [0.717, 1.165) is 56.7 Å². The summed E-state index contributed by atoms with van der Waals surface area (Å²) in [6.45, 7) is 4.19. The second-order valence-corrected chi connectivity index (χ2v) is 11.3. The van der Waals surface area contributed by atoms with Crippen LogP contribution in [0.3, 0.4) is 0 Å². The number of fused-ring (bicyclic) bond motifs is 1. The van der Waals surface area contributed by atoms with Crippen LogP contribution in [0, 0.1) is 17.8 Å². The minimum absolute atomic E-state index is 0.0408. The highest BCUT2D eigenvalue weighted by molar-refractivity contribution is 5.99. The number of carbonyl (C=O) groups is 1. The molecular formula is C25H34N8O2. The summed E-state index contributed by atoms with van der Waals surface area (Å²) in [5, 5.41) is 17.0. The van der Waals surface area contributed by atoms with E-state index in [-0.39, 0.29) is 29.2 Å². The first-order valence-electron chi connectivity index (χ1n) is 12.8. The topological polar surface area (TPSA) is 135 Å². The number of hydrogen-bond donors (Lipinski definition) is 3.